The van der Waals surface area contributed by atoms with Crippen molar-refractivity contribution in [3.63, 3.8) is 0 Å². The molecule has 10 nitrogen and oxygen atoms in total. The zero-order valence-electron chi connectivity index (χ0n) is 14.3. The predicted octanol–water partition coefficient (Wildman–Crippen LogP) is -0.0259. The van der Waals surface area contributed by atoms with Crippen LogP contribution in [0, 0.1) is 0 Å². The van der Waals surface area contributed by atoms with Gasteiger partial charge in [0.25, 0.3) is 0 Å². The molecule has 0 aromatic carbocycles. The summed E-state index contributed by atoms with van der Waals surface area (Å²) in [5, 5.41) is 21.4. The minimum atomic E-state index is -5.19. The van der Waals surface area contributed by atoms with Crippen LogP contribution >= 0.6 is 0 Å². The summed E-state index contributed by atoms with van der Waals surface area (Å²) in [6.45, 7) is 2.24. The minimum Gasteiger partial charge on any atom is -0.542 e. The maximum Gasteiger partial charge on any atom is 0.430 e. The highest BCUT2D eigenvalue weighted by atomic mass is 19.4. The normalized spacial score (nSPS) is 10.6. The second kappa shape index (κ2) is 9.99. The topological polar surface area (TPSA) is 147 Å². The van der Waals surface area contributed by atoms with E-state index in [1.807, 2.05) is 0 Å². The number of aliphatic carboxylic acids is 2. The molecule has 1 N–H and O–H groups in total. The van der Waals surface area contributed by atoms with Crippen LogP contribution in [0.3, 0.4) is 0 Å². The Morgan fingerprint density at radius 3 is 2.46 bits per heavy atom. The summed E-state index contributed by atoms with van der Waals surface area (Å²) in [5.41, 5.74) is 0.673. The molecule has 2 aromatic heterocycles. The molecule has 0 aliphatic heterocycles. The van der Waals surface area contributed by atoms with Gasteiger partial charge in [-0.3, -0.25) is 4.79 Å². The lowest BCUT2D eigenvalue weighted by Crippen LogP contribution is -2.38. The highest BCUT2D eigenvalue weighted by molar-refractivity contribution is 5.87. The fourth-order valence-electron chi connectivity index (χ4n) is 1.56. The average Bonchev–Trinajstić information content (AvgIpc) is 3.10. The van der Waals surface area contributed by atoms with Gasteiger partial charge >= 0.3 is 18.1 Å². The summed E-state index contributed by atoms with van der Waals surface area (Å²) in [5.74, 6) is -4.20. The van der Waals surface area contributed by atoms with Gasteiger partial charge in [0.1, 0.15) is 24.9 Å². The van der Waals surface area contributed by atoms with Gasteiger partial charge in [-0.15, -0.1) is 0 Å². The maximum absolute atomic E-state index is 11.5. The smallest absolute Gasteiger partial charge is 0.430 e. The zero-order valence-corrected chi connectivity index (χ0v) is 14.3. The summed E-state index contributed by atoms with van der Waals surface area (Å²) in [6, 6.07) is 1.68. The van der Waals surface area contributed by atoms with Gasteiger partial charge in [0.2, 0.25) is 5.89 Å². The molecule has 0 saturated carbocycles. The van der Waals surface area contributed by atoms with E-state index < -0.39 is 24.1 Å². The first-order valence-corrected chi connectivity index (χ1v) is 7.53. The van der Waals surface area contributed by atoms with Gasteiger partial charge in [-0.05, 0) is 12.0 Å². The molecule has 0 amide bonds. The molecule has 28 heavy (non-hydrogen) atoms. The molecule has 0 fully saturated rings. The van der Waals surface area contributed by atoms with E-state index in [9.17, 15) is 22.8 Å². The highest BCUT2D eigenvalue weighted by Gasteiger charge is 2.28. The third-order valence-corrected chi connectivity index (χ3v) is 2.79. The number of ether oxygens (including phenoxy) is 1. The van der Waals surface area contributed by atoms with E-state index in [-0.39, 0.29) is 31.2 Å². The number of carboxylic acids is 2. The first-order valence-electron chi connectivity index (χ1n) is 7.53. The molecule has 2 heterocycles. The van der Waals surface area contributed by atoms with Crippen LogP contribution in [0.2, 0.25) is 0 Å². The van der Waals surface area contributed by atoms with E-state index in [4.69, 9.17) is 24.2 Å². The lowest BCUT2D eigenvalue weighted by molar-refractivity contribution is -0.752. The van der Waals surface area contributed by atoms with Crippen molar-refractivity contribution in [2.45, 2.75) is 26.1 Å². The molecule has 0 atom stereocenters. The van der Waals surface area contributed by atoms with Crippen molar-refractivity contribution in [2.24, 2.45) is 0 Å². The van der Waals surface area contributed by atoms with Gasteiger partial charge in [-0.2, -0.15) is 13.2 Å². The number of alkyl halides is 3. The van der Waals surface area contributed by atoms with Gasteiger partial charge in [-0.1, -0.05) is 4.68 Å². The summed E-state index contributed by atoms with van der Waals surface area (Å²) in [4.78, 5) is 34.7. The van der Waals surface area contributed by atoms with E-state index in [1.54, 1.807) is 19.2 Å². The SMILES string of the molecule is CCOC(=O)c1coc(-c2cc[n+](CCC(=O)O)nc2)n1.O=C([O-])C(F)(F)F. The molecule has 0 radical (unpaired) electrons. The minimum absolute atomic E-state index is 0.0109. The highest BCUT2D eigenvalue weighted by Crippen LogP contribution is 2.16. The molecule has 0 bridgehead atoms. The Labute approximate surface area is 155 Å². The number of esters is 1. The molecule has 0 aliphatic rings. The van der Waals surface area contributed by atoms with Crippen LogP contribution in [0.25, 0.3) is 11.5 Å². The first kappa shape index (κ1) is 22.5. The molecule has 2 aromatic rings. The number of hydrogen-bond acceptors (Lipinski definition) is 8. The number of aryl methyl sites for hydroxylation is 1. The molecule has 2 rings (SSSR count). The lowest BCUT2D eigenvalue weighted by atomic mass is 10.3. The number of aromatic nitrogens is 3. The van der Waals surface area contributed by atoms with E-state index >= 15 is 0 Å². The Hall–Kier alpha value is -3.51. The molecular formula is C15H14F3N3O7. The Morgan fingerprint density at radius 2 is 2.00 bits per heavy atom. The molecule has 0 spiro atoms. The summed E-state index contributed by atoms with van der Waals surface area (Å²) in [7, 11) is 0. The van der Waals surface area contributed by atoms with Crippen LogP contribution < -0.4 is 9.79 Å². The summed E-state index contributed by atoms with van der Waals surface area (Å²) >= 11 is 0. The van der Waals surface area contributed by atoms with Gasteiger partial charge in [0.15, 0.2) is 18.4 Å². The lowest BCUT2D eigenvalue weighted by Gasteiger charge is -2.03. The second-order valence-electron chi connectivity index (χ2n) is 4.87. The third-order valence-electron chi connectivity index (χ3n) is 2.79. The summed E-state index contributed by atoms with van der Waals surface area (Å²) in [6.07, 6.45) is -0.878. The fourth-order valence-corrected chi connectivity index (χ4v) is 1.56. The van der Waals surface area contributed by atoms with Crippen LogP contribution in [0.5, 0.6) is 0 Å². The Bertz CT molecular complexity index is 819. The number of nitrogens with zero attached hydrogens (tertiary/aromatic N) is 3. The number of halogens is 3. The molecule has 13 heteroatoms. The fraction of sp³-hybridized carbons (Fsp3) is 0.333. The van der Waals surface area contributed by atoms with Crippen molar-refractivity contribution in [3.8, 4) is 11.5 Å². The van der Waals surface area contributed by atoms with Crippen molar-refractivity contribution in [1.29, 1.82) is 0 Å². The van der Waals surface area contributed by atoms with E-state index in [0.29, 0.717) is 5.56 Å². The predicted molar refractivity (Wildman–Crippen MR) is 79.2 cm³/mol. The number of hydrogen-bond donors (Lipinski definition) is 1. The van der Waals surface area contributed by atoms with Crippen LogP contribution in [0.15, 0.2) is 29.1 Å². The van der Waals surface area contributed by atoms with Gasteiger partial charge in [-0.25, -0.2) is 9.78 Å². The van der Waals surface area contributed by atoms with Crippen LogP contribution in [-0.2, 0) is 20.9 Å². The van der Waals surface area contributed by atoms with Crippen LogP contribution in [0.1, 0.15) is 23.8 Å². The van der Waals surface area contributed by atoms with Crippen molar-refractivity contribution in [3.05, 3.63) is 30.4 Å². The Kier molecular flexibility index (Phi) is 8.04. The first-order chi connectivity index (χ1) is 13.0. The van der Waals surface area contributed by atoms with Gasteiger partial charge < -0.3 is 24.2 Å². The second-order valence-corrected chi connectivity index (χ2v) is 4.87. The number of carboxylic acid groups (broad SMARTS) is 2. The molecular weight excluding hydrogens is 391 g/mol. The molecule has 152 valence electrons. The van der Waals surface area contributed by atoms with E-state index in [0.717, 1.165) is 0 Å². The van der Waals surface area contributed by atoms with Crippen molar-refractivity contribution in [2.75, 3.05) is 6.61 Å². The number of oxazole rings is 1. The van der Waals surface area contributed by atoms with Crippen LogP contribution in [-0.4, -0.2) is 45.9 Å². The largest absolute Gasteiger partial charge is 0.542 e. The average molecular weight is 405 g/mol. The number of carbonyl (C=O) groups excluding carboxylic acids is 2. The maximum atomic E-state index is 11.5. The van der Waals surface area contributed by atoms with E-state index in [2.05, 4.69) is 10.1 Å². The van der Waals surface area contributed by atoms with Gasteiger partial charge in [0.05, 0.1) is 12.2 Å². The third kappa shape index (κ3) is 7.39. The Morgan fingerprint density at radius 1 is 1.36 bits per heavy atom. The van der Waals surface area contributed by atoms with E-state index in [1.165, 1.54) is 17.1 Å². The van der Waals surface area contributed by atoms with Crippen molar-refractivity contribution >= 4 is 17.9 Å². The zero-order chi connectivity index (χ0) is 21.3. The summed E-state index contributed by atoms with van der Waals surface area (Å²) < 4.78 is 43.1. The standard InChI is InChI=1S/C13H13N3O5.C2HF3O2/c1-2-20-13(19)10-8-21-12(15-10)9-3-5-16(14-7-9)6-4-11(17)18;3-2(4,5)1(6)7/h3,5,7-8H,2,4,6H2,1H3;(H,6,7). The van der Waals surface area contributed by atoms with Gasteiger partial charge in [0, 0.05) is 6.07 Å². The van der Waals surface area contributed by atoms with Crippen LogP contribution in [0.4, 0.5) is 13.2 Å². The number of rotatable bonds is 6. The number of carbonyl (C=O) groups is 3. The Balaban J connectivity index is 0.000000480. The molecule has 0 unspecified atom stereocenters. The molecule has 0 saturated heterocycles. The van der Waals surface area contributed by atoms with Crippen molar-refractivity contribution < 1.29 is 51.6 Å². The molecule has 0 aliphatic carbocycles. The quantitative estimate of drug-likeness (QED) is 0.517. The van der Waals surface area contributed by atoms with Crippen molar-refractivity contribution in [1.82, 2.24) is 10.1 Å². The monoisotopic (exact) mass is 405 g/mol.